The predicted octanol–water partition coefficient (Wildman–Crippen LogP) is 3.18. The number of rotatable bonds is 2. The lowest BCUT2D eigenvalue weighted by atomic mass is 9.96. The van der Waals surface area contributed by atoms with Gasteiger partial charge in [0.15, 0.2) is 0 Å². The Kier molecular flexibility index (Phi) is 3.42. The van der Waals surface area contributed by atoms with Gasteiger partial charge in [-0.3, -0.25) is 4.79 Å². The Morgan fingerprint density at radius 1 is 1.20 bits per heavy atom. The van der Waals surface area contributed by atoms with Crippen LogP contribution in [0.4, 0.5) is 5.69 Å². The van der Waals surface area contributed by atoms with E-state index >= 15 is 0 Å². The highest BCUT2D eigenvalue weighted by atomic mass is 16.5. The van der Waals surface area contributed by atoms with Gasteiger partial charge in [0.25, 0.3) is 0 Å². The molecule has 3 nitrogen and oxygen atoms in total. The number of fused-ring (bicyclic) bond motifs is 1. The van der Waals surface area contributed by atoms with Crippen molar-refractivity contribution in [2.45, 2.75) is 13.3 Å². The van der Waals surface area contributed by atoms with Gasteiger partial charge in [0, 0.05) is 5.69 Å². The van der Waals surface area contributed by atoms with Crippen LogP contribution >= 0.6 is 0 Å². The molecular formula is C17H17NO2. The van der Waals surface area contributed by atoms with Crippen LogP contribution in [0, 0.1) is 12.8 Å². The summed E-state index contributed by atoms with van der Waals surface area (Å²) in [6.07, 6.45) is 0.730. The maximum atomic E-state index is 12.3. The number of anilines is 1. The number of carbonyl (C=O) groups is 1. The minimum absolute atomic E-state index is 0.0186. The fourth-order valence-corrected chi connectivity index (χ4v) is 2.46. The molecule has 0 fully saturated rings. The third kappa shape index (κ3) is 2.67. The molecule has 1 unspecified atom stereocenters. The third-order valence-corrected chi connectivity index (χ3v) is 3.54. The quantitative estimate of drug-likeness (QED) is 0.907. The zero-order valence-electron chi connectivity index (χ0n) is 11.4. The molecule has 0 radical (unpaired) electrons. The molecule has 2 aromatic carbocycles. The van der Waals surface area contributed by atoms with Gasteiger partial charge in [-0.15, -0.1) is 0 Å². The molecule has 0 bridgehead atoms. The molecule has 3 heteroatoms. The number of hydrogen-bond donors (Lipinski definition) is 1. The topological polar surface area (TPSA) is 38.3 Å². The van der Waals surface area contributed by atoms with E-state index in [0.717, 1.165) is 29.0 Å². The maximum absolute atomic E-state index is 12.3. The van der Waals surface area contributed by atoms with Crippen molar-refractivity contribution in [2.24, 2.45) is 5.92 Å². The molecule has 1 amide bonds. The molecule has 0 aromatic heterocycles. The summed E-state index contributed by atoms with van der Waals surface area (Å²) in [5.41, 5.74) is 3.07. The first-order valence-electron chi connectivity index (χ1n) is 6.80. The van der Waals surface area contributed by atoms with E-state index in [4.69, 9.17) is 4.74 Å². The first kappa shape index (κ1) is 12.7. The molecule has 1 atom stereocenters. The predicted molar refractivity (Wildman–Crippen MR) is 78.9 cm³/mol. The molecule has 0 spiro atoms. The van der Waals surface area contributed by atoms with Crippen LogP contribution in [-0.2, 0) is 11.2 Å². The Morgan fingerprint density at radius 2 is 2.05 bits per heavy atom. The summed E-state index contributed by atoms with van der Waals surface area (Å²) in [4.78, 5) is 12.3. The van der Waals surface area contributed by atoms with Crippen LogP contribution in [-0.4, -0.2) is 12.5 Å². The number of para-hydroxylation sites is 1. The van der Waals surface area contributed by atoms with Crippen LogP contribution in [0.15, 0.2) is 48.5 Å². The largest absolute Gasteiger partial charge is 0.492 e. The van der Waals surface area contributed by atoms with Gasteiger partial charge in [0.1, 0.15) is 12.4 Å². The van der Waals surface area contributed by atoms with Crippen LogP contribution in [0.5, 0.6) is 5.75 Å². The van der Waals surface area contributed by atoms with Crippen molar-refractivity contribution >= 4 is 11.6 Å². The van der Waals surface area contributed by atoms with Crippen molar-refractivity contribution in [3.05, 3.63) is 59.7 Å². The Hall–Kier alpha value is -2.29. The highest BCUT2D eigenvalue weighted by Crippen LogP contribution is 2.27. The summed E-state index contributed by atoms with van der Waals surface area (Å²) >= 11 is 0. The van der Waals surface area contributed by atoms with E-state index in [1.54, 1.807) is 0 Å². The van der Waals surface area contributed by atoms with Gasteiger partial charge in [0.05, 0.1) is 5.92 Å². The molecule has 1 aliphatic heterocycles. The molecule has 1 N–H and O–H groups in total. The fraction of sp³-hybridized carbons (Fsp3) is 0.235. The Balaban J connectivity index is 1.70. The van der Waals surface area contributed by atoms with Crippen LogP contribution in [0.1, 0.15) is 11.1 Å². The molecule has 0 saturated carbocycles. The maximum Gasteiger partial charge on any atom is 0.231 e. The Morgan fingerprint density at radius 3 is 2.90 bits per heavy atom. The Bertz CT molecular complexity index is 636. The average molecular weight is 267 g/mol. The van der Waals surface area contributed by atoms with Gasteiger partial charge in [-0.2, -0.15) is 0 Å². The number of carbonyl (C=O) groups excluding carboxylic acids is 1. The lowest BCUT2D eigenvalue weighted by molar-refractivity contribution is -0.121. The lowest BCUT2D eigenvalue weighted by Crippen LogP contribution is -2.32. The molecule has 1 heterocycles. The van der Waals surface area contributed by atoms with E-state index < -0.39 is 0 Å². The van der Waals surface area contributed by atoms with Gasteiger partial charge in [-0.25, -0.2) is 0 Å². The van der Waals surface area contributed by atoms with E-state index in [0.29, 0.717) is 6.61 Å². The van der Waals surface area contributed by atoms with Gasteiger partial charge >= 0.3 is 0 Å². The highest BCUT2D eigenvalue weighted by molar-refractivity contribution is 5.93. The number of benzene rings is 2. The van der Waals surface area contributed by atoms with Gasteiger partial charge in [-0.1, -0.05) is 30.3 Å². The fourth-order valence-electron chi connectivity index (χ4n) is 2.46. The summed E-state index contributed by atoms with van der Waals surface area (Å²) < 4.78 is 5.66. The second-order valence-electron chi connectivity index (χ2n) is 5.18. The minimum atomic E-state index is -0.134. The summed E-state index contributed by atoms with van der Waals surface area (Å²) in [6.45, 7) is 2.45. The van der Waals surface area contributed by atoms with E-state index in [1.165, 1.54) is 0 Å². The van der Waals surface area contributed by atoms with Crippen LogP contribution < -0.4 is 10.1 Å². The minimum Gasteiger partial charge on any atom is -0.492 e. The van der Waals surface area contributed by atoms with E-state index in [1.807, 2.05) is 55.5 Å². The van der Waals surface area contributed by atoms with E-state index in [9.17, 15) is 4.79 Å². The molecule has 102 valence electrons. The second kappa shape index (κ2) is 5.37. The summed E-state index contributed by atoms with van der Waals surface area (Å²) in [5.74, 6) is 0.780. The number of aryl methyl sites for hydroxylation is 1. The SMILES string of the molecule is Cc1cccc(NC(=O)C2COc3ccccc3C2)c1. The zero-order chi connectivity index (χ0) is 13.9. The lowest BCUT2D eigenvalue weighted by Gasteiger charge is -2.24. The van der Waals surface area contributed by atoms with Crippen LogP contribution in [0.25, 0.3) is 0 Å². The van der Waals surface area contributed by atoms with Crippen molar-refractivity contribution in [3.8, 4) is 5.75 Å². The third-order valence-electron chi connectivity index (χ3n) is 3.54. The molecule has 2 aromatic rings. The smallest absolute Gasteiger partial charge is 0.231 e. The second-order valence-corrected chi connectivity index (χ2v) is 5.18. The van der Waals surface area contributed by atoms with Crippen molar-refractivity contribution in [1.82, 2.24) is 0 Å². The van der Waals surface area contributed by atoms with Crippen LogP contribution in [0.3, 0.4) is 0 Å². The molecular weight excluding hydrogens is 250 g/mol. The standard InChI is InChI=1S/C17H17NO2/c1-12-5-4-7-15(9-12)18-17(19)14-10-13-6-2-3-8-16(13)20-11-14/h2-9,14H,10-11H2,1H3,(H,18,19). The van der Waals surface area contributed by atoms with Crippen molar-refractivity contribution in [3.63, 3.8) is 0 Å². The number of amides is 1. The summed E-state index contributed by atoms with van der Waals surface area (Å²) in [5, 5.41) is 2.96. The van der Waals surface area contributed by atoms with Gasteiger partial charge in [0.2, 0.25) is 5.91 Å². The molecule has 1 aliphatic rings. The molecule has 0 saturated heterocycles. The average Bonchev–Trinajstić information content (AvgIpc) is 2.47. The molecule has 3 rings (SSSR count). The number of ether oxygens (including phenoxy) is 1. The monoisotopic (exact) mass is 267 g/mol. The van der Waals surface area contributed by atoms with Gasteiger partial charge in [-0.05, 0) is 42.7 Å². The molecule has 20 heavy (non-hydrogen) atoms. The number of nitrogens with one attached hydrogen (secondary N) is 1. The number of hydrogen-bond acceptors (Lipinski definition) is 2. The van der Waals surface area contributed by atoms with Crippen molar-refractivity contribution < 1.29 is 9.53 Å². The normalized spacial score (nSPS) is 16.9. The van der Waals surface area contributed by atoms with E-state index in [2.05, 4.69) is 5.32 Å². The van der Waals surface area contributed by atoms with E-state index in [-0.39, 0.29) is 11.8 Å². The Labute approximate surface area is 118 Å². The van der Waals surface area contributed by atoms with Gasteiger partial charge < -0.3 is 10.1 Å². The first-order chi connectivity index (χ1) is 9.72. The highest BCUT2D eigenvalue weighted by Gasteiger charge is 2.25. The molecule has 0 aliphatic carbocycles. The van der Waals surface area contributed by atoms with Crippen LogP contribution in [0.2, 0.25) is 0 Å². The van der Waals surface area contributed by atoms with Crippen molar-refractivity contribution in [1.29, 1.82) is 0 Å². The van der Waals surface area contributed by atoms with Crippen molar-refractivity contribution in [2.75, 3.05) is 11.9 Å². The zero-order valence-corrected chi connectivity index (χ0v) is 11.4. The summed E-state index contributed by atoms with van der Waals surface area (Å²) in [7, 11) is 0. The first-order valence-corrected chi connectivity index (χ1v) is 6.80. The summed E-state index contributed by atoms with van der Waals surface area (Å²) in [6, 6.07) is 15.7.